The van der Waals surface area contributed by atoms with Crippen LogP contribution >= 0.6 is 0 Å². The highest BCUT2D eigenvalue weighted by atomic mass is 32.2. The number of halogens is 1. The maximum absolute atomic E-state index is 15.2. The van der Waals surface area contributed by atoms with E-state index in [1.54, 1.807) is 4.90 Å². The predicted molar refractivity (Wildman–Crippen MR) is 139 cm³/mol. The highest BCUT2D eigenvalue weighted by Gasteiger charge is 2.35. The van der Waals surface area contributed by atoms with Crippen molar-refractivity contribution in [3.63, 3.8) is 0 Å². The third-order valence-electron chi connectivity index (χ3n) is 6.09. The van der Waals surface area contributed by atoms with Crippen LogP contribution in [-0.2, 0) is 22.3 Å². The molecule has 1 aromatic rings. The van der Waals surface area contributed by atoms with Crippen molar-refractivity contribution in [1.29, 1.82) is 0 Å². The summed E-state index contributed by atoms with van der Waals surface area (Å²) in [6.07, 6.45) is 1.59. The third-order valence-corrected chi connectivity index (χ3v) is 7.27. The van der Waals surface area contributed by atoms with Crippen LogP contribution < -0.4 is 19.1 Å². The van der Waals surface area contributed by atoms with Crippen molar-refractivity contribution < 1.29 is 28.0 Å². The Kier molecular flexibility index (Phi) is 9.10. The molecule has 0 bridgehead atoms. The molecule has 202 valence electrons. The van der Waals surface area contributed by atoms with Gasteiger partial charge < -0.3 is 24.8 Å². The van der Waals surface area contributed by atoms with Crippen LogP contribution in [-0.4, -0.2) is 64.7 Å². The molecule has 0 saturated carbocycles. The number of piperidine rings is 1. The van der Waals surface area contributed by atoms with E-state index in [9.17, 15) is 14.1 Å². The smallest absolute Gasteiger partial charge is 0.410 e. The third kappa shape index (κ3) is 6.61. The van der Waals surface area contributed by atoms with E-state index in [0.717, 1.165) is 19.4 Å². The summed E-state index contributed by atoms with van der Waals surface area (Å²) < 4.78 is 42.6. The van der Waals surface area contributed by atoms with E-state index in [0.29, 0.717) is 49.0 Å². The maximum Gasteiger partial charge on any atom is 0.410 e. The van der Waals surface area contributed by atoms with Crippen molar-refractivity contribution >= 4 is 23.0 Å². The van der Waals surface area contributed by atoms with Crippen molar-refractivity contribution in [1.82, 2.24) is 14.9 Å². The number of ether oxygens (including phenoxy) is 2. The zero-order chi connectivity index (χ0) is 26.6. The number of benzene rings is 1. The van der Waals surface area contributed by atoms with Gasteiger partial charge in [0.1, 0.15) is 28.9 Å². The lowest BCUT2D eigenvalue weighted by molar-refractivity contribution is 0.0183. The maximum atomic E-state index is 15.2. The van der Waals surface area contributed by atoms with Crippen LogP contribution in [0, 0.1) is 11.7 Å². The molecule has 2 saturated heterocycles. The Hall–Kier alpha value is -2.53. The van der Waals surface area contributed by atoms with Gasteiger partial charge in [0.15, 0.2) is 5.82 Å². The fourth-order valence-corrected chi connectivity index (χ4v) is 5.47. The molecule has 9 nitrogen and oxygen atoms in total. The number of nitrogens with one attached hydrogen (secondary N) is 2. The average molecular weight is 527 g/mol. The molecule has 3 aliphatic rings. The molecule has 11 heteroatoms. The van der Waals surface area contributed by atoms with Gasteiger partial charge in [0, 0.05) is 43.4 Å². The number of fused-ring (bicyclic) bond motifs is 1. The standard InChI is InChI=1S/C23H33FN4O5S.C2H6/c1-14-13-28(34(31)26-14)21-18(29)10-19-17(20(21)24)9-16(32-19)12-25-11-15-5-7-27(8-6-15)22(30)33-23(2,3)4;1-2/h10,15-16,25-26,29H,1,5-9,11-13H2,2-4H3;1-2H3. The molecule has 4 rings (SSSR count). The van der Waals surface area contributed by atoms with Gasteiger partial charge in [-0.3, -0.25) is 9.03 Å². The highest BCUT2D eigenvalue weighted by molar-refractivity contribution is 7.85. The largest absolute Gasteiger partial charge is 0.505 e. The predicted octanol–water partition coefficient (Wildman–Crippen LogP) is 3.60. The first-order valence-corrected chi connectivity index (χ1v) is 13.7. The molecule has 3 N–H and O–H groups in total. The summed E-state index contributed by atoms with van der Waals surface area (Å²) in [7, 11) is 0. The number of phenolic OH excluding ortho intramolecular Hbond substituents is 1. The second kappa shape index (κ2) is 11.7. The Morgan fingerprint density at radius 2 is 2.00 bits per heavy atom. The monoisotopic (exact) mass is 526 g/mol. The summed E-state index contributed by atoms with van der Waals surface area (Å²) >= 11 is -1.69. The molecule has 3 aliphatic heterocycles. The van der Waals surface area contributed by atoms with E-state index in [4.69, 9.17) is 9.47 Å². The zero-order valence-electron chi connectivity index (χ0n) is 21.9. The van der Waals surface area contributed by atoms with Gasteiger partial charge in [-0.1, -0.05) is 20.4 Å². The summed E-state index contributed by atoms with van der Waals surface area (Å²) in [5.74, 6) is -0.183. The normalized spacial score (nSPS) is 21.9. The number of nitrogens with zero attached hydrogens (tertiary/aromatic N) is 2. The molecule has 2 fully saturated rings. The lowest BCUT2D eigenvalue weighted by atomic mass is 9.97. The minimum absolute atomic E-state index is 0.0998. The molecule has 0 aromatic heterocycles. The number of anilines is 1. The van der Waals surface area contributed by atoms with Crippen molar-refractivity contribution in [3.8, 4) is 11.5 Å². The van der Waals surface area contributed by atoms with E-state index >= 15 is 4.39 Å². The summed E-state index contributed by atoms with van der Waals surface area (Å²) in [5, 5.41) is 13.8. The number of aromatic hydroxyl groups is 1. The van der Waals surface area contributed by atoms with Gasteiger partial charge >= 0.3 is 6.09 Å². The second-order valence-corrected chi connectivity index (χ2v) is 11.2. The molecule has 3 heterocycles. The number of carbonyl (C=O) groups excluding carboxylic acids is 1. The fraction of sp³-hybridized carbons (Fsp3) is 0.640. The van der Waals surface area contributed by atoms with Gasteiger partial charge in [-0.15, -0.1) is 0 Å². The number of amides is 1. The van der Waals surface area contributed by atoms with E-state index in [2.05, 4.69) is 16.6 Å². The molecule has 0 aliphatic carbocycles. The number of rotatable bonds is 5. The van der Waals surface area contributed by atoms with Gasteiger partial charge in [-0.2, -0.15) is 0 Å². The van der Waals surface area contributed by atoms with Gasteiger partial charge in [0.05, 0.1) is 6.54 Å². The number of hydrogen-bond donors (Lipinski definition) is 3. The van der Waals surface area contributed by atoms with E-state index in [-0.39, 0.29) is 30.2 Å². The van der Waals surface area contributed by atoms with Crippen molar-refractivity contribution in [2.75, 3.05) is 37.0 Å². The Labute approximate surface area is 215 Å². The van der Waals surface area contributed by atoms with Crippen LogP contribution in [0.3, 0.4) is 0 Å². The second-order valence-electron chi connectivity index (χ2n) is 10.0. The Morgan fingerprint density at radius 3 is 2.58 bits per heavy atom. The van der Waals surface area contributed by atoms with Crippen molar-refractivity contribution in [2.45, 2.75) is 65.6 Å². The minimum Gasteiger partial charge on any atom is -0.505 e. The fourth-order valence-electron chi connectivity index (χ4n) is 4.44. The zero-order valence-corrected chi connectivity index (χ0v) is 22.7. The van der Waals surface area contributed by atoms with Gasteiger partial charge in [-0.05, 0) is 46.1 Å². The van der Waals surface area contributed by atoms with E-state index in [1.165, 1.54) is 10.4 Å². The first kappa shape index (κ1) is 28.0. The topological polar surface area (TPSA) is 103 Å². The van der Waals surface area contributed by atoms with Crippen molar-refractivity contribution in [3.05, 3.63) is 29.7 Å². The molecule has 0 spiro atoms. The summed E-state index contributed by atoms with van der Waals surface area (Å²) in [6, 6.07) is 1.39. The number of hydrogen-bond acceptors (Lipinski definition) is 6. The average Bonchev–Trinajstić information content (AvgIpc) is 3.36. The van der Waals surface area contributed by atoms with Gasteiger partial charge in [-0.25, -0.2) is 13.4 Å². The summed E-state index contributed by atoms with van der Waals surface area (Å²) in [4.78, 5) is 14.0. The lowest BCUT2D eigenvalue weighted by Gasteiger charge is -2.33. The molecular formula is C25H39FN4O5S. The lowest BCUT2D eigenvalue weighted by Crippen LogP contribution is -2.43. The molecule has 1 aromatic carbocycles. The molecule has 2 unspecified atom stereocenters. The van der Waals surface area contributed by atoms with Crippen LogP contribution in [0.2, 0.25) is 0 Å². The number of phenols is 1. The first-order chi connectivity index (χ1) is 17.0. The summed E-state index contributed by atoms with van der Waals surface area (Å²) in [6.45, 7) is 16.1. The molecule has 1 amide bonds. The Balaban J connectivity index is 0.00000176. The van der Waals surface area contributed by atoms with E-state index in [1.807, 2.05) is 34.6 Å². The number of carbonyl (C=O) groups is 1. The van der Waals surface area contributed by atoms with Crippen LogP contribution in [0.5, 0.6) is 11.5 Å². The summed E-state index contributed by atoms with van der Waals surface area (Å²) in [5.41, 5.74) is 0.271. The van der Waals surface area contributed by atoms with E-state index < -0.39 is 22.6 Å². The Bertz CT molecular complexity index is 992. The quantitative estimate of drug-likeness (QED) is 0.542. The van der Waals surface area contributed by atoms with Crippen LogP contribution in [0.4, 0.5) is 14.9 Å². The van der Waals surface area contributed by atoms with Crippen LogP contribution in [0.25, 0.3) is 0 Å². The molecular weight excluding hydrogens is 487 g/mol. The number of likely N-dealkylation sites (tertiary alicyclic amines) is 1. The molecule has 36 heavy (non-hydrogen) atoms. The first-order valence-electron chi connectivity index (χ1n) is 12.6. The van der Waals surface area contributed by atoms with Crippen LogP contribution in [0.15, 0.2) is 18.3 Å². The van der Waals surface area contributed by atoms with Gasteiger partial charge in [0.2, 0.25) is 11.2 Å². The Morgan fingerprint density at radius 1 is 1.33 bits per heavy atom. The van der Waals surface area contributed by atoms with Crippen LogP contribution in [0.1, 0.15) is 53.0 Å². The van der Waals surface area contributed by atoms with Gasteiger partial charge in [0.25, 0.3) is 0 Å². The van der Waals surface area contributed by atoms with Crippen molar-refractivity contribution in [2.24, 2.45) is 5.92 Å². The molecule has 2 atom stereocenters. The minimum atomic E-state index is -1.69. The highest BCUT2D eigenvalue weighted by Crippen LogP contribution is 2.43. The SMILES string of the molecule is C=C1CN(c2c(O)cc3c(c2F)CC(CNCC2CCN(C(=O)OC(C)(C)C)CC2)O3)S(=O)N1.CC. The molecule has 0 radical (unpaired) electrons.